The summed E-state index contributed by atoms with van der Waals surface area (Å²) >= 11 is 1.59. The van der Waals surface area contributed by atoms with Crippen LogP contribution in [0.3, 0.4) is 0 Å². The molecule has 100 valence electrons. The molecule has 0 bridgehead atoms. The monoisotopic (exact) mass is 265 g/mol. The van der Waals surface area contributed by atoms with Gasteiger partial charge in [-0.3, -0.25) is 4.90 Å². The van der Waals surface area contributed by atoms with Crippen LogP contribution in [0.15, 0.2) is 29.2 Å². The van der Waals surface area contributed by atoms with Gasteiger partial charge >= 0.3 is 0 Å². The molecule has 2 rings (SSSR count). The van der Waals surface area contributed by atoms with Crippen molar-refractivity contribution < 1.29 is 5.11 Å². The van der Waals surface area contributed by atoms with E-state index < -0.39 is 5.06 Å². The van der Waals surface area contributed by atoms with Crippen LogP contribution in [-0.2, 0) is 0 Å². The minimum absolute atomic E-state index is 0.742. The largest absolute Gasteiger partial charge is 0.366 e. The van der Waals surface area contributed by atoms with E-state index in [0.717, 1.165) is 24.4 Å². The molecule has 1 aliphatic heterocycles. The highest BCUT2D eigenvalue weighted by Crippen LogP contribution is 2.37. The van der Waals surface area contributed by atoms with Crippen molar-refractivity contribution in [1.82, 2.24) is 4.90 Å². The Labute approximate surface area is 114 Å². The molecule has 1 aromatic carbocycles. The van der Waals surface area contributed by atoms with Crippen LogP contribution in [0.25, 0.3) is 0 Å². The number of rotatable bonds is 4. The number of hydrogen-bond donors (Lipinski definition) is 1. The molecule has 18 heavy (non-hydrogen) atoms. The Balaban J connectivity index is 2.11. The van der Waals surface area contributed by atoms with Crippen LogP contribution in [-0.4, -0.2) is 28.2 Å². The highest BCUT2D eigenvalue weighted by Gasteiger charge is 2.34. The second-order valence-electron chi connectivity index (χ2n) is 5.06. The normalized spacial score (nSPS) is 20.6. The summed E-state index contributed by atoms with van der Waals surface area (Å²) in [5, 5.41) is 10.1. The summed E-state index contributed by atoms with van der Waals surface area (Å²) in [6, 6.07) is 8.39. The molecule has 1 heterocycles. The first-order valence-corrected chi connectivity index (χ1v) is 7.69. The Morgan fingerprint density at radius 3 is 2.61 bits per heavy atom. The minimum Gasteiger partial charge on any atom is -0.366 e. The van der Waals surface area contributed by atoms with Crippen molar-refractivity contribution in [3.63, 3.8) is 0 Å². The molecule has 0 radical (unpaired) electrons. The molecule has 1 N–H and O–H groups in total. The van der Waals surface area contributed by atoms with Crippen molar-refractivity contribution in [1.29, 1.82) is 0 Å². The third-order valence-electron chi connectivity index (χ3n) is 3.58. The van der Waals surface area contributed by atoms with Gasteiger partial charge in [-0.05, 0) is 38.3 Å². The van der Waals surface area contributed by atoms with Crippen LogP contribution in [0.1, 0.15) is 38.2 Å². The van der Waals surface area contributed by atoms with Crippen molar-refractivity contribution in [3.05, 3.63) is 29.8 Å². The zero-order valence-corrected chi connectivity index (χ0v) is 12.2. The highest BCUT2D eigenvalue weighted by molar-refractivity contribution is 8.00. The van der Waals surface area contributed by atoms with Gasteiger partial charge in [0.25, 0.3) is 0 Å². The van der Waals surface area contributed by atoms with E-state index in [1.807, 2.05) is 0 Å². The van der Waals surface area contributed by atoms with Gasteiger partial charge in [-0.15, -0.1) is 0 Å². The summed E-state index contributed by atoms with van der Waals surface area (Å²) in [7, 11) is 0. The minimum atomic E-state index is -0.742. The van der Waals surface area contributed by atoms with E-state index >= 15 is 0 Å². The molecular weight excluding hydrogens is 242 g/mol. The first kappa shape index (κ1) is 13.9. The lowest BCUT2D eigenvalue weighted by molar-refractivity contribution is -0.0416. The fourth-order valence-electron chi connectivity index (χ4n) is 2.47. The van der Waals surface area contributed by atoms with Gasteiger partial charge in [0, 0.05) is 18.0 Å². The van der Waals surface area contributed by atoms with E-state index in [4.69, 9.17) is 0 Å². The smallest absolute Gasteiger partial charge is 0.170 e. The number of piperidine rings is 1. The summed E-state index contributed by atoms with van der Waals surface area (Å²) in [6.07, 6.45) is 4.46. The number of nitrogens with zero attached hydrogens (tertiary/aromatic N) is 1. The average molecular weight is 265 g/mol. The molecule has 0 amide bonds. The maximum atomic E-state index is 10.9. The van der Waals surface area contributed by atoms with Crippen LogP contribution >= 0.6 is 11.8 Å². The van der Waals surface area contributed by atoms with Gasteiger partial charge in [0.15, 0.2) is 5.06 Å². The number of thioether (sulfide) groups is 1. The maximum Gasteiger partial charge on any atom is 0.170 e. The molecule has 1 fully saturated rings. The van der Waals surface area contributed by atoms with E-state index in [1.165, 1.54) is 24.8 Å². The molecule has 1 saturated heterocycles. The van der Waals surface area contributed by atoms with Crippen molar-refractivity contribution in [2.75, 3.05) is 13.1 Å². The van der Waals surface area contributed by atoms with Gasteiger partial charge in [-0.1, -0.05) is 42.8 Å². The molecule has 0 saturated carbocycles. The Kier molecular flexibility index (Phi) is 4.71. The van der Waals surface area contributed by atoms with Crippen LogP contribution in [0, 0.1) is 6.92 Å². The fraction of sp³-hybridized carbons (Fsp3) is 0.600. The van der Waals surface area contributed by atoms with E-state index in [0.29, 0.717) is 0 Å². The number of hydrogen-bond acceptors (Lipinski definition) is 3. The maximum absolute atomic E-state index is 10.9. The summed E-state index contributed by atoms with van der Waals surface area (Å²) in [5.74, 6) is 0. The van der Waals surface area contributed by atoms with E-state index in [9.17, 15) is 5.11 Å². The number of aliphatic hydroxyl groups is 1. The Morgan fingerprint density at radius 1 is 1.28 bits per heavy atom. The predicted octanol–water partition coefficient (Wildman–Crippen LogP) is 3.63. The van der Waals surface area contributed by atoms with Gasteiger partial charge in [0.1, 0.15) is 0 Å². The third-order valence-corrected chi connectivity index (χ3v) is 4.95. The van der Waals surface area contributed by atoms with Crippen molar-refractivity contribution in [2.24, 2.45) is 0 Å². The van der Waals surface area contributed by atoms with Crippen LogP contribution in [0.2, 0.25) is 0 Å². The standard InChI is InChI=1S/C15H23NOS/c1-3-15(17,16-10-5-4-6-11-16)18-14-9-7-8-13(2)12-14/h7-9,12,17H,3-6,10-11H2,1-2H3. The fourth-order valence-corrected chi connectivity index (χ4v) is 3.70. The van der Waals surface area contributed by atoms with Gasteiger partial charge < -0.3 is 5.11 Å². The molecule has 3 heteroatoms. The first-order valence-electron chi connectivity index (χ1n) is 6.87. The molecule has 1 aliphatic rings. The molecular formula is C15H23NOS. The zero-order chi connectivity index (χ0) is 13.0. The Bertz CT molecular complexity index is 390. The lowest BCUT2D eigenvalue weighted by Gasteiger charge is -2.40. The zero-order valence-electron chi connectivity index (χ0n) is 11.4. The van der Waals surface area contributed by atoms with Crippen molar-refractivity contribution in [2.45, 2.75) is 49.5 Å². The molecule has 0 aliphatic carbocycles. The summed E-state index contributed by atoms with van der Waals surface area (Å²) in [5.41, 5.74) is 1.25. The summed E-state index contributed by atoms with van der Waals surface area (Å²) < 4.78 is 0. The summed E-state index contributed by atoms with van der Waals surface area (Å²) in [6.45, 7) is 6.19. The second kappa shape index (κ2) is 6.09. The van der Waals surface area contributed by atoms with Gasteiger partial charge in [-0.2, -0.15) is 0 Å². The second-order valence-corrected chi connectivity index (χ2v) is 6.39. The van der Waals surface area contributed by atoms with Crippen LogP contribution < -0.4 is 0 Å². The van der Waals surface area contributed by atoms with Crippen molar-refractivity contribution in [3.8, 4) is 0 Å². The molecule has 2 nitrogen and oxygen atoms in total. The van der Waals surface area contributed by atoms with Gasteiger partial charge in [-0.25, -0.2) is 0 Å². The highest BCUT2D eigenvalue weighted by atomic mass is 32.2. The van der Waals surface area contributed by atoms with Crippen LogP contribution in [0.4, 0.5) is 0 Å². The van der Waals surface area contributed by atoms with Crippen LogP contribution in [0.5, 0.6) is 0 Å². The van der Waals surface area contributed by atoms with Crippen molar-refractivity contribution >= 4 is 11.8 Å². The number of likely N-dealkylation sites (tertiary alicyclic amines) is 1. The van der Waals surface area contributed by atoms with E-state index in [-0.39, 0.29) is 0 Å². The predicted molar refractivity (Wildman–Crippen MR) is 77.7 cm³/mol. The molecule has 0 spiro atoms. The summed E-state index contributed by atoms with van der Waals surface area (Å²) in [4.78, 5) is 3.40. The van der Waals surface area contributed by atoms with Gasteiger partial charge in [0.2, 0.25) is 0 Å². The lowest BCUT2D eigenvalue weighted by Crippen LogP contribution is -2.48. The van der Waals surface area contributed by atoms with Gasteiger partial charge in [0.05, 0.1) is 0 Å². The quantitative estimate of drug-likeness (QED) is 0.664. The Morgan fingerprint density at radius 2 is 2.00 bits per heavy atom. The SMILES string of the molecule is CCC(O)(Sc1cccc(C)c1)N1CCCCC1. The molecule has 1 unspecified atom stereocenters. The topological polar surface area (TPSA) is 23.5 Å². The molecule has 1 atom stereocenters. The van der Waals surface area contributed by atoms with E-state index in [1.54, 1.807) is 11.8 Å². The Hall–Kier alpha value is -0.510. The number of aryl methyl sites for hydroxylation is 1. The third kappa shape index (κ3) is 3.28. The number of benzene rings is 1. The van der Waals surface area contributed by atoms with E-state index in [2.05, 4.69) is 43.0 Å². The molecule has 1 aromatic rings. The average Bonchev–Trinajstić information content (AvgIpc) is 2.39. The molecule has 0 aromatic heterocycles. The lowest BCUT2D eigenvalue weighted by atomic mass is 10.1. The first-order chi connectivity index (χ1) is 8.64.